The topological polar surface area (TPSA) is 32.3 Å². The van der Waals surface area contributed by atoms with Crippen molar-refractivity contribution in [3.05, 3.63) is 0 Å². The normalized spacial score (nSPS) is 10.0. The molecule has 0 rings (SSSR count). The Morgan fingerprint density at radius 1 is 0.733 bits per heavy atom. The molecule has 0 unspecified atom stereocenters. The second-order valence-electron chi connectivity index (χ2n) is 4.09. The van der Waals surface area contributed by atoms with Crippen LogP contribution in [0.5, 0.6) is 0 Å². The monoisotopic (exact) mass is 225 g/mol. The molecule has 88 valence electrons. The van der Waals surface area contributed by atoms with Crippen LogP contribution in [0.15, 0.2) is 0 Å². The van der Waals surface area contributed by atoms with E-state index in [0.29, 0.717) is 0 Å². The van der Waals surface area contributed by atoms with Gasteiger partial charge in [0.05, 0.1) is 0 Å². The zero-order valence-electron chi connectivity index (χ0n) is 9.73. The number of rotatable bonds is 11. The van der Waals surface area contributed by atoms with Gasteiger partial charge in [0.1, 0.15) is 0 Å². The van der Waals surface area contributed by atoms with Gasteiger partial charge in [0.25, 0.3) is 0 Å². The first kappa shape index (κ1) is 18.3. The first-order chi connectivity index (χ1) is 6.91. The van der Waals surface area contributed by atoms with E-state index < -0.39 is 0 Å². The molecule has 15 heavy (non-hydrogen) atoms. The van der Waals surface area contributed by atoms with Gasteiger partial charge in [-0.25, -0.2) is 5.48 Å². The average Bonchev–Trinajstić information content (AvgIpc) is 2.21. The van der Waals surface area contributed by atoms with Crippen molar-refractivity contribution < 1.29 is 5.21 Å². The molecule has 0 spiro atoms. The van der Waals surface area contributed by atoms with E-state index in [4.69, 9.17) is 5.21 Å². The maximum absolute atomic E-state index is 8.34. The van der Waals surface area contributed by atoms with Crippen molar-refractivity contribution in [2.24, 2.45) is 0 Å². The molecular formula is C12H28NNaO. The van der Waals surface area contributed by atoms with Gasteiger partial charge in [-0.3, -0.25) is 0 Å². The molecule has 2 nitrogen and oxygen atoms in total. The Morgan fingerprint density at radius 2 is 1.13 bits per heavy atom. The van der Waals surface area contributed by atoms with Crippen molar-refractivity contribution >= 4 is 29.6 Å². The number of hydrogen-bond donors (Lipinski definition) is 2. The predicted molar refractivity (Wildman–Crippen MR) is 68.8 cm³/mol. The molecule has 0 radical (unpaired) electrons. The van der Waals surface area contributed by atoms with Crippen molar-refractivity contribution in [3.63, 3.8) is 0 Å². The van der Waals surface area contributed by atoms with Gasteiger partial charge in [0, 0.05) is 6.54 Å². The standard InChI is InChI=1S/C12H27NO.Na.H/c1-2-3-4-5-6-7-8-9-10-11-12-13-14;;/h13-14H,2-12H2,1H3;;. The van der Waals surface area contributed by atoms with Gasteiger partial charge < -0.3 is 5.21 Å². The van der Waals surface area contributed by atoms with Crippen LogP contribution in [0.2, 0.25) is 0 Å². The van der Waals surface area contributed by atoms with E-state index >= 15 is 0 Å². The Kier molecular flexibility index (Phi) is 21.1. The molecule has 0 bridgehead atoms. The summed E-state index contributed by atoms with van der Waals surface area (Å²) in [6.45, 7) is 3.01. The predicted octanol–water partition coefficient (Wildman–Crippen LogP) is 3.24. The molecule has 0 saturated heterocycles. The molecule has 0 aromatic carbocycles. The van der Waals surface area contributed by atoms with E-state index in [1.165, 1.54) is 57.8 Å². The van der Waals surface area contributed by atoms with Crippen LogP contribution in [-0.4, -0.2) is 41.3 Å². The van der Waals surface area contributed by atoms with Crippen LogP contribution in [0.25, 0.3) is 0 Å². The molecule has 0 aliphatic carbocycles. The molecule has 0 aromatic rings. The van der Waals surface area contributed by atoms with Crippen LogP contribution in [-0.2, 0) is 0 Å². The van der Waals surface area contributed by atoms with E-state index in [-0.39, 0.29) is 29.6 Å². The van der Waals surface area contributed by atoms with Crippen molar-refractivity contribution in [1.29, 1.82) is 0 Å². The Bertz CT molecular complexity index is 89.6. The van der Waals surface area contributed by atoms with E-state index in [0.717, 1.165) is 13.0 Å². The fraction of sp³-hybridized carbons (Fsp3) is 1.00. The molecule has 0 heterocycles. The molecule has 0 aliphatic rings. The van der Waals surface area contributed by atoms with Gasteiger partial charge in [-0.1, -0.05) is 64.7 Å². The van der Waals surface area contributed by atoms with Crippen LogP contribution in [0.3, 0.4) is 0 Å². The number of unbranched alkanes of at least 4 members (excludes halogenated alkanes) is 9. The zero-order valence-corrected chi connectivity index (χ0v) is 9.73. The van der Waals surface area contributed by atoms with Crippen molar-refractivity contribution in [3.8, 4) is 0 Å². The van der Waals surface area contributed by atoms with Gasteiger partial charge in [-0.15, -0.1) is 0 Å². The fourth-order valence-electron chi connectivity index (χ4n) is 1.69. The first-order valence-corrected chi connectivity index (χ1v) is 6.28. The minimum atomic E-state index is 0. The molecular weight excluding hydrogens is 197 g/mol. The van der Waals surface area contributed by atoms with Crippen LogP contribution < -0.4 is 5.48 Å². The summed E-state index contributed by atoms with van der Waals surface area (Å²) in [5, 5.41) is 8.34. The van der Waals surface area contributed by atoms with Crippen LogP contribution >= 0.6 is 0 Å². The van der Waals surface area contributed by atoms with Crippen molar-refractivity contribution in [2.45, 2.75) is 71.1 Å². The summed E-state index contributed by atoms with van der Waals surface area (Å²) < 4.78 is 0. The molecule has 0 aliphatic heterocycles. The van der Waals surface area contributed by atoms with Crippen LogP contribution in [0.4, 0.5) is 0 Å². The van der Waals surface area contributed by atoms with E-state index in [1.54, 1.807) is 0 Å². The summed E-state index contributed by atoms with van der Waals surface area (Å²) >= 11 is 0. The summed E-state index contributed by atoms with van der Waals surface area (Å²) in [7, 11) is 0. The Hall–Kier alpha value is 0.920. The molecule has 3 heteroatoms. The zero-order chi connectivity index (χ0) is 10.5. The maximum atomic E-state index is 8.34. The average molecular weight is 225 g/mol. The molecule has 2 N–H and O–H groups in total. The van der Waals surface area contributed by atoms with E-state index in [1.807, 2.05) is 0 Å². The van der Waals surface area contributed by atoms with E-state index in [2.05, 4.69) is 12.4 Å². The summed E-state index contributed by atoms with van der Waals surface area (Å²) in [5.74, 6) is 0. The number of nitrogens with one attached hydrogen (secondary N) is 1. The van der Waals surface area contributed by atoms with E-state index in [9.17, 15) is 0 Å². The van der Waals surface area contributed by atoms with Gasteiger partial charge in [0.2, 0.25) is 0 Å². The SMILES string of the molecule is CCCCCCCCCCCCNO.[NaH]. The summed E-state index contributed by atoms with van der Waals surface area (Å²) in [5.41, 5.74) is 2.19. The van der Waals surface area contributed by atoms with Crippen LogP contribution in [0.1, 0.15) is 71.1 Å². The first-order valence-electron chi connectivity index (χ1n) is 6.28. The van der Waals surface area contributed by atoms with Gasteiger partial charge in [-0.05, 0) is 6.42 Å². The Balaban J connectivity index is 0. The third-order valence-corrected chi connectivity index (χ3v) is 2.64. The Morgan fingerprint density at radius 3 is 1.53 bits per heavy atom. The van der Waals surface area contributed by atoms with Crippen molar-refractivity contribution in [1.82, 2.24) is 5.48 Å². The third kappa shape index (κ3) is 17.5. The summed E-state index contributed by atoms with van der Waals surface area (Å²) in [6, 6.07) is 0. The molecule has 0 atom stereocenters. The second-order valence-corrected chi connectivity index (χ2v) is 4.09. The number of hydroxylamine groups is 1. The van der Waals surface area contributed by atoms with Gasteiger partial charge in [0.15, 0.2) is 0 Å². The third-order valence-electron chi connectivity index (χ3n) is 2.64. The summed E-state index contributed by atoms with van der Waals surface area (Å²) in [6.07, 6.45) is 13.5. The fourth-order valence-corrected chi connectivity index (χ4v) is 1.69. The molecule has 0 fully saturated rings. The van der Waals surface area contributed by atoms with Gasteiger partial charge in [-0.2, -0.15) is 0 Å². The van der Waals surface area contributed by atoms with Gasteiger partial charge >= 0.3 is 29.6 Å². The minimum absolute atomic E-state index is 0. The van der Waals surface area contributed by atoms with Crippen molar-refractivity contribution in [2.75, 3.05) is 6.54 Å². The number of hydrogen-bond acceptors (Lipinski definition) is 2. The van der Waals surface area contributed by atoms with Crippen LogP contribution in [0, 0.1) is 0 Å². The molecule has 0 saturated carbocycles. The summed E-state index contributed by atoms with van der Waals surface area (Å²) in [4.78, 5) is 0. The second kappa shape index (κ2) is 17.3. The Labute approximate surface area is 117 Å². The quantitative estimate of drug-likeness (QED) is 0.321. The molecule has 0 amide bonds. The molecule has 0 aromatic heterocycles.